The Kier molecular flexibility index (Phi) is 9.73. The number of halogens is 1. The lowest BCUT2D eigenvalue weighted by Gasteiger charge is -2.27. The molecule has 47 heavy (non-hydrogen) atoms. The Hall–Kier alpha value is -5.07. The monoisotopic (exact) mass is 657 g/mol. The molecule has 0 aliphatic rings. The number of carbonyl (C=O) groups excluding carboxylic acids is 2. The van der Waals surface area contributed by atoms with Gasteiger partial charge in [0.25, 0.3) is 11.8 Å². The van der Waals surface area contributed by atoms with Gasteiger partial charge in [0.1, 0.15) is 11.5 Å². The molecular weight excluding hydrogens is 621 g/mol. The molecule has 5 rings (SSSR count). The van der Waals surface area contributed by atoms with Gasteiger partial charge in [-0.15, -0.1) is 0 Å². The number of nitrogens with zero attached hydrogens (tertiary/aromatic N) is 2. The van der Waals surface area contributed by atoms with Crippen molar-refractivity contribution in [2.45, 2.75) is 25.8 Å². The van der Waals surface area contributed by atoms with Crippen molar-refractivity contribution in [2.75, 3.05) is 31.2 Å². The maximum Gasteiger partial charge on any atom is 0.255 e. The van der Waals surface area contributed by atoms with Crippen molar-refractivity contribution >= 4 is 33.0 Å². The molecule has 2 amide bonds. The van der Waals surface area contributed by atoms with Gasteiger partial charge in [0.15, 0.2) is 0 Å². The van der Waals surface area contributed by atoms with Crippen LogP contribution in [0.3, 0.4) is 0 Å². The first-order valence-electron chi connectivity index (χ1n) is 14.9. The zero-order chi connectivity index (χ0) is 33.8. The molecule has 0 radical (unpaired) electrons. The number of nitrogens with one attached hydrogen (secondary N) is 3. The Morgan fingerprint density at radius 3 is 2.34 bits per heavy atom. The molecular formula is C35H36FN5O5S. The van der Waals surface area contributed by atoms with Crippen LogP contribution in [0.2, 0.25) is 0 Å². The molecule has 2 heterocycles. The van der Waals surface area contributed by atoms with Crippen LogP contribution in [0.5, 0.6) is 0 Å². The van der Waals surface area contributed by atoms with E-state index in [0.717, 1.165) is 5.56 Å². The van der Waals surface area contributed by atoms with E-state index in [-0.39, 0.29) is 41.6 Å². The summed E-state index contributed by atoms with van der Waals surface area (Å²) in [5.74, 6) is -1.40. The molecule has 0 aliphatic heterocycles. The molecule has 0 spiro atoms. The molecule has 5 aromatic rings. The van der Waals surface area contributed by atoms with E-state index in [2.05, 4.69) is 20.5 Å². The Morgan fingerprint density at radius 1 is 0.936 bits per heavy atom. The number of rotatable bonds is 12. The van der Waals surface area contributed by atoms with Gasteiger partial charge in [-0.3, -0.25) is 14.3 Å². The summed E-state index contributed by atoms with van der Waals surface area (Å²) in [7, 11) is -0.854. The second kappa shape index (κ2) is 13.7. The minimum atomic E-state index is -3.84. The number of aromatic nitrogens is 2. The van der Waals surface area contributed by atoms with Gasteiger partial charge < -0.3 is 15.4 Å². The van der Waals surface area contributed by atoms with Gasteiger partial charge in [-0.1, -0.05) is 42.5 Å². The van der Waals surface area contributed by atoms with Gasteiger partial charge >= 0.3 is 0 Å². The number of amides is 2. The number of carbonyl (C=O) groups is 2. The van der Waals surface area contributed by atoms with Gasteiger partial charge in [-0.25, -0.2) is 17.3 Å². The summed E-state index contributed by atoms with van der Waals surface area (Å²) in [6.07, 6.45) is 1.76. The third-order valence-electron chi connectivity index (χ3n) is 7.73. The predicted molar refractivity (Wildman–Crippen MR) is 180 cm³/mol. The van der Waals surface area contributed by atoms with E-state index >= 15 is 0 Å². The molecule has 2 aromatic heterocycles. The highest BCUT2D eigenvalue weighted by atomic mass is 32.2. The Balaban J connectivity index is 1.64. The zero-order valence-electron chi connectivity index (χ0n) is 26.5. The maximum atomic E-state index is 13.8. The first kappa shape index (κ1) is 33.3. The molecule has 0 unspecified atom stereocenters. The van der Waals surface area contributed by atoms with Crippen LogP contribution in [0.4, 0.5) is 10.1 Å². The number of fused-ring (bicyclic) bond motifs is 1. The number of hydrogen-bond acceptors (Lipinski definition) is 6. The Bertz CT molecular complexity index is 2030. The number of ether oxygens (including phenoxy) is 1. The zero-order valence-corrected chi connectivity index (χ0v) is 27.3. The van der Waals surface area contributed by atoms with Crippen LogP contribution < -0.4 is 15.4 Å². The van der Waals surface area contributed by atoms with Gasteiger partial charge in [0, 0.05) is 37.5 Å². The van der Waals surface area contributed by atoms with Crippen molar-refractivity contribution in [3.8, 4) is 22.4 Å². The fraction of sp³-hybridized carbons (Fsp3) is 0.229. The van der Waals surface area contributed by atoms with E-state index in [1.165, 1.54) is 49.1 Å². The molecule has 10 nitrogen and oxygen atoms in total. The fourth-order valence-corrected chi connectivity index (χ4v) is 6.39. The van der Waals surface area contributed by atoms with E-state index in [1.54, 1.807) is 30.3 Å². The average molecular weight is 658 g/mol. The van der Waals surface area contributed by atoms with Crippen molar-refractivity contribution in [1.29, 1.82) is 0 Å². The second-order valence-corrected chi connectivity index (χ2v) is 13.4. The van der Waals surface area contributed by atoms with E-state index in [9.17, 15) is 22.4 Å². The van der Waals surface area contributed by atoms with Crippen molar-refractivity contribution < 1.29 is 27.1 Å². The minimum absolute atomic E-state index is 0.189. The first-order chi connectivity index (χ1) is 22.4. The van der Waals surface area contributed by atoms with Gasteiger partial charge in [0.2, 0.25) is 10.0 Å². The Morgan fingerprint density at radius 2 is 1.66 bits per heavy atom. The lowest BCUT2D eigenvalue weighted by molar-refractivity contribution is 0.0910. The number of anilines is 1. The van der Waals surface area contributed by atoms with E-state index in [4.69, 9.17) is 4.74 Å². The van der Waals surface area contributed by atoms with E-state index < -0.39 is 27.3 Å². The quantitative estimate of drug-likeness (QED) is 0.150. The highest BCUT2D eigenvalue weighted by Crippen LogP contribution is 2.35. The number of benzene rings is 3. The smallest absolute Gasteiger partial charge is 0.255 e. The van der Waals surface area contributed by atoms with Gasteiger partial charge in [-0.2, -0.15) is 5.10 Å². The number of methoxy groups -OCH3 is 1. The summed E-state index contributed by atoms with van der Waals surface area (Å²) in [5, 5.41) is 10.3. The van der Waals surface area contributed by atoms with Crippen LogP contribution >= 0.6 is 0 Å². The standard InChI is InChI=1S/C35H36FN5O5S/c1-35(2,26-12-6-5-7-13-26)38-33(42)25-11-8-10-24(20-25)28-21-30-31(34(43)37-3)32(23-14-16-27(36)17-15-23)39-41(30)22-29(28)40-47(44,45)19-9-18-46-4/h5-8,10-17,20-22,40H,9,18-19H2,1-4H3,(H,37,43)(H,38,42). The van der Waals surface area contributed by atoms with Crippen molar-refractivity contribution in [1.82, 2.24) is 20.2 Å². The molecule has 0 atom stereocenters. The summed E-state index contributed by atoms with van der Waals surface area (Å²) >= 11 is 0. The third kappa shape index (κ3) is 7.50. The molecule has 0 saturated carbocycles. The third-order valence-corrected chi connectivity index (χ3v) is 9.08. The molecule has 0 aliphatic carbocycles. The number of pyridine rings is 1. The molecule has 0 bridgehead atoms. The molecule has 0 saturated heterocycles. The van der Waals surface area contributed by atoms with Crippen LogP contribution in [-0.4, -0.2) is 56.4 Å². The topological polar surface area (TPSA) is 131 Å². The summed E-state index contributed by atoms with van der Waals surface area (Å²) in [5.41, 5.74) is 3.12. The number of sulfonamides is 1. The molecule has 3 aromatic carbocycles. The van der Waals surface area contributed by atoms with Crippen molar-refractivity contribution in [3.63, 3.8) is 0 Å². The van der Waals surface area contributed by atoms with E-state index in [1.807, 2.05) is 44.2 Å². The summed E-state index contributed by atoms with van der Waals surface area (Å²) in [4.78, 5) is 26.8. The minimum Gasteiger partial charge on any atom is -0.385 e. The summed E-state index contributed by atoms with van der Waals surface area (Å²) in [6.45, 7) is 4.08. The molecule has 244 valence electrons. The van der Waals surface area contributed by atoms with Crippen LogP contribution in [0.25, 0.3) is 27.9 Å². The summed E-state index contributed by atoms with van der Waals surface area (Å²) < 4.78 is 49.2. The lowest BCUT2D eigenvalue weighted by Crippen LogP contribution is -2.40. The first-order valence-corrected chi connectivity index (χ1v) is 16.6. The van der Waals surface area contributed by atoms with Crippen LogP contribution in [0.1, 0.15) is 46.5 Å². The molecule has 3 N–H and O–H groups in total. The highest BCUT2D eigenvalue weighted by Gasteiger charge is 2.26. The maximum absolute atomic E-state index is 13.8. The van der Waals surface area contributed by atoms with Crippen LogP contribution in [0, 0.1) is 5.82 Å². The van der Waals surface area contributed by atoms with Crippen molar-refractivity contribution in [2.24, 2.45) is 0 Å². The SMILES string of the molecule is CNC(=O)c1c(-c2ccc(F)cc2)nn2cc(NS(=O)(=O)CCCOC)c(-c3cccc(C(=O)NC(C)(C)c4ccccc4)c3)cc12. The fourth-order valence-electron chi connectivity index (χ4n) is 5.29. The molecule has 12 heteroatoms. The largest absolute Gasteiger partial charge is 0.385 e. The normalized spacial score (nSPS) is 11.8. The van der Waals surface area contributed by atoms with E-state index in [0.29, 0.717) is 27.8 Å². The predicted octanol–water partition coefficient (Wildman–Crippen LogP) is 5.61. The van der Waals surface area contributed by atoms with Crippen LogP contribution in [-0.2, 0) is 20.3 Å². The van der Waals surface area contributed by atoms with Gasteiger partial charge in [-0.05, 0) is 73.9 Å². The molecule has 0 fully saturated rings. The Labute approximate surface area is 273 Å². The van der Waals surface area contributed by atoms with Crippen molar-refractivity contribution in [3.05, 3.63) is 114 Å². The highest BCUT2D eigenvalue weighted by molar-refractivity contribution is 7.92. The summed E-state index contributed by atoms with van der Waals surface area (Å²) in [6, 6.07) is 23.6. The van der Waals surface area contributed by atoms with Gasteiger partial charge in [0.05, 0.1) is 34.3 Å². The van der Waals surface area contributed by atoms with Crippen LogP contribution in [0.15, 0.2) is 91.1 Å². The average Bonchev–Trinajstić information content (AvgIpc) is 3.42. The second-order valence-electron chi connectivity index (χ2n) is 11.5. The number of hydrogen-bond donors (Lipinski definition) is 3. The lowest BCUT2D eigenvalue weighted by atomic mass is 9.93.